The summed E-state index contributed by atoms with van der Waals surface area (Å²) < 4.78 is 0. The van der Waals surface area contributed by atoms with Crippen molar-refractivity contribution in [2.24, 2.45) is 5.92 Å². The number of rotatable bonds is 7. The van der Waals surface area contributed by atoms with Crippen molar-refractivity contribution >= 4 is 17.1 Å². The summed E-state index contributed by atoms with van der Waals surface area (Å²) in [4.78, 5) is 0. The molecule has 0 atom stereocenters. The largest absolute Gasteiger partial charge is 0.385 e. The monoisotopic (exact) mass is 269 g/mol. The minimum absolute atomic E-state index is 0.655. The summed E-state index contributed by atoms with van der Waals surface area (Å²) in [7, 11) is 0. The predicted molar refractivity (Wildman–Crippen MR) is 88.3 cm³/mol. The summed E-state index contributed by atoms with van der Waals surface area (Å²) in [5, 5.41) is 10.1. The van der Waals surface area contributed by atoms with Crippen LogP contribution in [0.5, 0.6) is 0 Å². The molecule has 0 radical (unpaired) electrons. The first-order chi connectivity index (χ1) is 9.74. The summed E-state index contributed by atoms with van der Waals surface area (Å²) in [6.07, 6.45) is 0. The van der Waals surface area contributed by atoms with Crippen molar-refractivity contribution < 1.29 is 0 Å². The van der Waals surface area contributed by atoms with Crippen LogP contribution in [-0.2, 0) is 0 Å². The molecule has 0 aliphatic carbocycles. The molecule has 20 heavy (non-hydrogen) atoms. The van der Waals surface area contributed by atoms with E-state index in [2.05, 4.69) is 66.2 Å². The lowest BCUT2D eigenvalue weighted by Gasteiger charge is -2.11. The highest BCUT2D eigenvalue weighted by Gasteiger charge is 1.96. The zero-order chi connectivity index (χ0) is 14.2. The van der Waals surface area contributed by atoms with Crippen molar-refractivity contribution in [2.45, 2.75) is 13.8 Å². The molecule has 0 heterocycles. The van der Waals surface area contributed by atoms with Crippen molar-refractivity contribution in [3.05, 3.63) is 54.6 Å². The van der Waals surface area contributed by atoms with Crippen LogP contribution in [0.15, 0.2) is 54.6 Å². The molecule has 0 aromatic heterocycles. The Bertz CT molecular complexity index is 491. The van der Waals surface area contributed by atoms with Crippen molar-refractivity contribution in [1.82, 2.24) is 0 Å². The molecule has 3 nitrogen and oxygen atoms in total. The van der Waals surface area contributed by atoms with E-state index in [4.69, 9.17) is 0 Å². The smallest absolute Gasteiger partial charge is 0.0849 e. The molecule has 0 spiro atoms. The summed E-state index contributed by atoms with van der Waals surface area (Å²) in [5.74, 6) is 0.655. The number of hydrogen-bond acceptors (Lipinski definition) is 3. The molecule has 2 rings (SSSR count). The summed E-state index contributed by atoms with van der Waals surface area (Å²) in [5.41, 5.74) is 3.40. The van der Waals surface area contributed by atoms with E-state index in [9.17, 15) is 0 Å². The van der Waals surface area contributed by atoms with Gasteiger partial charge in [-0.2, -0.15) is 0 Å². The van der Waals surface area contributed by atoms with Crippen LogP contribution in [0, 0.1) is 5.92 Å². The highest BCUT2D eigenvalue weighted by Crippen LogP contribution is 2.14. The topological polar surface area (TPSA) is 36.1 Å². The van der Waals surface area contributed by atoms with Gasteiger partial charge in [0, 0.05) is 23.6 Å². The van der Waals surface area contributed by atoms with Gasteiger partial charge in [0.25, 0.3) is 0 Å². The van der Waals surface area contributed by atoms with E-state index in [0.29, 0.717) is 12.6 Å². The first-order valence-corrected chi connectivity index (χ1v) is 7.11. The summed E-state index contributed by atoms with van der Waals surface area (Å²) in [6, 6.07) is 18.6. The molecule has 0 amide bonds. The zero-order valence-electron chi connectivity index (χ0n) is 12.2. The van der Waals surface area contributed by atoms with Gasteiger partial charge in [0.1, 0.15) is 0 Å². The normalized spacial score (nSPS) is 10.3. The third kappa shape index (κ3) is 4.84. The fourth-order valence-electron chi connectivity index (χ4n) is 1.83. The quantitative estimate of drug-likeness (QED) is 0.658. The molecule has 3 N–H and O–H groups in total. The van der Waals surface area contributed by atoms with Gasteiger partial charge in [0.15, 0.2) is 0 Å². The van der Waals surface area contributed by atoms with Gasteiger partial charge in [0.05, 0.1) is 6.67 Å². The van der Waals surface area contributed by atoms with E-state index in [1.165, 1.54) is 5.69 Å². The Morgan fingerprint density at radius 2 is 1.20 bits per heavy atom. The van der Waals surface area contributed by atoms with Gasteiger partial charge in [-0.15, -0.1) is 0 Å². The van der Waals surface area contributed by atoms with Crippen molar-refractivity contribution in [3.63, 3.8) is 0 Å². The van der Waals surface area contributed by atoms with E-state index < -0.39 is 0 Å². The van der Waals surface area contributed by atoms with Crippen molar-refractivity contribution in [3.8, 4) is 0 Å². The van der Waals surface area contributed by atoms with Gasteiger partial charge < -0.3 is 16.0 Å². The Kier molecular flexibility index (Phi) is 5.30. The molecular weight excluding hydrogens is 246 g/mol. The first-order valence-electron chi connectivity index (χ1n) is 7.11. The van der Waals surface area contributed by atoms with Crippen molar-refractivity contribution in [2.75, 3.05) is 29.2 Å². The third-order valence-corrected chi connectivity index (χ3v) is 2.96. The molecule has 2 aromatic carbocycles. The number of nitrogens with one attached hydrogen (secondary N) is 3. The van der Waals surface area contributed by atoms with Crippen LogP contribution in [0.3, 0.4) is 0 Å². The van der Waals surface area contributed by atoms with Gasteiger partial charge in [-0.05, 0) is 42.3 Å². The highest BCUT2D eigenvalue weighted by molar-refractivity contribution is 5.54. The number of hydrogen-bond donors (Lipinski definition) is 3. The maximum Gasteiger partial charge on any atom is 0.0849 e. The molecule has 0 bridgehead atoms. The Balaban J connectivity index is 1.76. The van der Waals surface area contributed by atoms with Crippen LogP contribution in [0.1, 0.15) is 13.8 Å². The lowest BCUT2D eigenvalue weighted by molar-refractivity contribution is 0.689. The Morgan fingerprint density at radius 1 is 0.700 bits per heavy atom. The molecule has 0 aliphatic rings. The number of benzene rings is 2. The second kappa shape index (κ2) is 7.43. The Labute approximate surface area is 121 Å². The molecule has 0 fully saturated rings. The zero-order valence-corrected chi connectivity index (χ0v) is 12.2. The third-order valence-electron chi connectivity index (χ3n) is 2.96. The summed E-state index contributed by atoms with van der Waals surface area (Å²) in [6.45, 7) is 6.13. The van der Waals surface area contributed by atoms with E-state index in [-0.39, 0.29) is 0 Å². The lowest BCUT2D eigenvalue weighted by Crippen LogP contribution is -2.11. The van der Waals surface area contributed by atoms with E-state index in [0.717, 1.165) is 17.9 Å². The van der Waals surface area contributed by atoms with Crippen LogP contribution in [-0.4, -0.2) is 13.2 Å². The number of para-hydroxylation sites is 1. The molecule has 3 heteroatoms. The Hall–Kier alpha value is -2.16. The maximum absolute atomic E-state index is 3.41. The predicted octanol–water partition coefficient (Wildman–Crippen LogP) is 4.24. The van der Waals surface area contributed by atoms with Crippen LogP contribution in [0.4, 0.5) is 17.1 Å². The molecule has 0 saturated carbocycles. The summed E-state index contributed by atoms with van der Waals surface area (Å²) >= 11 is 0. The van der Waals surface area contributed by atoms with Gasteiger partial charge in [-0.3, -0.25) is 0 Å². The van der Waals surface area contributed by atoms with Gasteiger partial charge in [0.2, 0.25) is 0 Å². The minimum atomic E-state index is 0.655. The van der Waals surface area contributed by atoms with Gasteiger partial charge in [-0.1, -0.05) is 32.0 Å². The van der Waals surface area contributed by atoms with Crippen LogP contribution >= 0.6 is 0 Å². The van der Waals surface area contributed by atoms with Crippen molar-refractivity contribution in [1.29, 1.82) is 0 Å². The van der Waals surface area contributed by atoms with Crippen LogP contribution in [0.25, 0.3) is 0 Å². The molecular formula is C17H23N3. The average molecular weight is 269 g/mol. The molecule has 2 aromatic rings. The van der Waals surface area contributed by atoms with Crippen LogP contribution < -0.4 is 16.0 Å². The van der Waals surface area contributed by atoms with E-state index in [1.54, 1.807) is 0 Å². The van der Waals surface area contributed by atoms with Crippen LogP contribution in [0.2, 0.25) is 0 Å². The minimum Gasteiger partial charge on any atom is -0.385 e. The fraction of sp³-hybridized carbons (Fsp3) is 0.294. The van der Waals surface area contributed by atoms with E-state index in [1.807, 2.05) is 18.2 Å². The molecule has 0 saturated heterocycles. The van der Waals surface area contributed by atoms with E-state index >= 15 is 0 Å². The fourth-order valence-corrected chi connectivity index (χ4v) is 1.83. The second-order valence-electron chi connectivity index (χ2n) is 5.25. The standard InChI is InChI=1S/C17H23N3/c1-14(2)12-18-16-8-10-17(11-9-16)20-13-19-15-6-4-3-5-7-15/h3-11,14,18-20H,12-13H2,1-2H3. The maximum atomic E-state index is 3.41. The van der Waals surface area contributed by atoms with Gasteiger partial charge in [-0.25, -0.2) is 0 Å². The van der Waals surface area contributed by atoms with Gasteiger partial charge >= 0.3 is 0 Å². The average Bonchev–Trinajstić information content (AvgIpc) is 2.47. The molecule has 106 valence electrons. The molecule has 0 aliphatic heterocycles. The Morgan fingerprint density at radius 3 is 1.75 bits per heavy atom. The molecule has 0 unspecified atom stereocenters. The lowest BCUT2D eigenvalue weighted by atomic mass is 10.2. The highest BCUT2D eigenvalue weighted by atomic mass is 15.1. The second-order valence-corrected chi connectivity index (χ2v) is 5.25. The SMILES string of the molecule is CC(C)CNc1ccc(NCNc2ccccc2)cc1. The first kappa shape index (κ1) is 14.3. The number of anilines is 3.